The van der Waals surface area contributed by atoms with Gasteiger partial charge >= 0.3 is 0 Å². The Morgan fingerprint density at radius 3 is 2.78 bits per heavy atom. The number of benzene rings is 1. The summed E-state index contributed by atoms with van der Waals surface area (Å²) in [6, 6.07) is 6.15. The van der Waals surface area contributed by atoms with Gasteiger partial charge in [-0.2, -0.15) is 0 Å². The molecule has 0 saturated carbocycles. The van der Waals surface area contributed by atoms with Crippen LogP contribution >= 0.6 is 0 Å². The van der Waals surface area contributed by atoms with Crippen LogP contribution in [0.2, 0.25) is 0 Å². The standard InChI is InChI=1S/C14H20N2O2/c1-10-8-11(14(15)17)2-3-12(10)9-16-13-4-6-18-7-5-13/h2-3,8,13,16H,4-7,9H2,1H3,(H2,15,17). The Morgan fingerprint density at radius 2 is 2.17 bits per heavy atom. The fourth-order valence-electron chi connectivity index (χ4n) is 2.20. The molecule has 1 aliphatic rings. The molecule has 0 unspecified atom stereocenters. The van der Waals surface area contributed by atoms with E-state index in [1.165, 1.54) is 5.56 Å². The molecule has 4 nitrogen and oxygen atoms in total. The number of aryl methyl sites for hydroxylation is 1. The van der Waals surface area contributed by atoms with E-state index in [1.54, 1.807) is 6.07 Å². The molecule has 0 aromatic heterocycles. The minimum atomic E-state index is -0.373. The maximum Gasteiger partial charge on any atom is 0.248 e. The van der Waals surface area contributed by atoms with E-state index in [2.05, 4.69) is 5.32 Å². The number of carbonyl (C=O) groups excluding carboxylic acids is 1. The first-order chi connectivity index (χ1) is 8.66. The van der Waals surface area contributed by atoms with Crippen LogP contribution in [0, 0.1) is 6.92 Å². The zero-order valence-corrected chi connectivity index (χ0v) is 10.7. The van der Waals surface area contributed by atoms with Gasteiger partial charge in [-0.15, -0.1) is 0 Å². The molecule has 18 heavy (non-hydrogen) atoms. The summed E-state index contributed by atoms with van der Waals surface area (Å²) in [5, 5.41) is 3.53. The Hall–Kier alpha value is -1.39. The molecule has 1 aromatic carbocycles. The van der Waals surface area contributed by atoms with Gasteiger partial charge in [0.15, 0.2) is 0 Å². The van der Waals surface area contributed by atoms with Gasteiger partial charge < -0.3 is 15.8 Å². The van der Waals surface area contributed by atoms with Crippen molar-refractivity contribution in [1.82, 2.24) is 5.32 Å². The summed E-state index contributed by atoms with van der Waals surface area (Å²) in [4.78, 5) is 11.1. The maximum atomic E-state index is 11.1. The Bertz CT molecular complexity index is 426. The minimum absolute atomic E-state index is 0.373. The lowest BCUT2D eigenvalue weighted by Gasteiger charge is -2.23. The van der Waals surface area contributed by atoms with Gasteiger partial charge in [-0.25, -0.2) is 0 Å². The van der Waals surface area contributed by atoms with Crippen LogP contribution in [-0.4, -0.2) is 25.2 Å². The number of carbonyl (C=O) groups is 1. The van der Waals surface area contributed by atoms with Crippen molar-refractivity contribution in [3.63, 3.8) is 0 Å². The van der Waals surface area contributed by atoms with Crippen molar-refractivity contribution in [3.8, 4) is 0 Å². The van der Waals surface area contributed by atoms with E-state index in [0.29, 0.717) is 11.6 Å². The first kappa shape index (κ1) is 13.1. The molecule has 1 fully saturated rings. The zero-order valence-electron chi connectivity index (χ0n) is 10.7. The lowest BCUT2D eigenvalue weighted by atomic mass is 10.0. The molecule has 1 aromatic rings. The Balaban J connectivity index is 1.94. The van der Waals surface area contributed by atoms with E-state index < -0.39 is 0 Å². The van der Waals surface area contributed by atoms with Crippen molar-refractivity contribution >= 4 is 5.91 Å². The summed E-state index contributed by atoms with van der Waals surface area (Å²) >= 11 is 0. The summed E-state index contributed by atoms with van der Waals surface area (Å²) < 4.78 is 5.33. The normalized spacial score (nSPS) is 16.7. The third-order valence-corrected chi connectivity index (χ3v) is 3.43. The summed E-state index contributed by atoms with van der Waals surface area (Å²) in [7, 11) is 0. The summed E-state index contributed by atoms with van der Waals surface area (Å²) in [5.41, 5.74) is 8.14. The monoisotopic (exact) mass is 248 g/mol. The second-order valence-corrected chi connectivity index (χ2v) is 4.77. The highest BCUT2D eigenvalue weighted by Gasteiger charge is 2.13. The van der Waals surface area contributed by atoms with Crippen LogP contribution < -0.4 is 11.1 Å². The number of hydrogen-bond acceptors (Lipinski definition) is 3. The number of nitrogens with one attached hydrogen (secondary N) is 1. The molecule has 0 atom stereocenters. The first-order valence-electron chi connectivity index (χ1n) is 6.37. The lowest BCUT2D eigenvalue weighted by molar-refractivity contribution is 0.0776. The highest BCUT2D eigenvalue weighted by molar-refractivity contribution is 5.93. The van der Waals surface area contributed by atoms with E-state index in [-0.39, 0.29) is 5.91 Å². The van der Waals surface area contributed by atoms with Crippen LogP contribution in [0.1, 0.15) is 34.3 Å². The third-order valence-electron chi connectivity index (χ3n) is 3.43. The van der Waals surface area contributed by atoms with E-state index in [9.17, 15) is 4.79 Å². The number of ether oxygens (including phenoxy) is 1. The van der Waals surface area contributed by atoms with Crippen LogP contribution in [0.15, 0.2) is 18.2 Å². The number of hydrogen-bond donors (Lipinski definition) is 2. The number of nitrogens with two attached hydrogens (primary N) is 1. The molecular formula is C14H20N2O2. The predicted molar refractivity (Wildman–Crippen MR) is 70.4 cm³/mol. The highest BCUT2D eigenvalue weighted by Crippen LogP contribution is 2.13. The summed E-state index contributed by atoms with van der Waals surface area (Å²) in [6.45, 7) is 4.53. The van der Waals surface area contributed by atoms with Gasteiger partial charge in [0.1, 0.15) is 0 Å². The fourth-order valence-corrected chi connectivity index (χ4v) is 2.20. The van der Waals surface area contributed by atoms with Gasteiger partial charge in [-0.05, 0) is 43.0 Å². The van der Waals surface area contributed by atoms with Crippen LogP contribution in [-0.2, 0) is 11.3 Å². The second kappa shape index (κ2) is 5.98. The molecule has 1 aliphatic heterocycles. The van der Waals surface area contributed by atoms with E-state index in [4.69, 9.17) is 10.5 Å². The van der Waals surface area contributed by atoms with E-state index in [0.717, 1.165) is 38.2 Å². The molecule has 98 valence electrons. The van der Waals surface area contributed by atoms with Crippen molar-refractivity contribution in [3.05, 3.63) is 34.9 Å². The Morgan fingerprint density at radius 1 is 1.44 bits per heavy atom. The molecule has 1 heterocycles. The van der Waals surface area contributed by atoms with Crippen LogP contribution in [0.5, 0.6) is 0 Å². The van der Waals surface area contributed by atoms with Crippen molar-refractivity contribution in [2.45, 2.75) is 32.4 Å². The molecule has 2 rings (SSSR count). The molecular weight excluding hydrogens is 228 g/mol. The highest BCUT2D eigenvalue weighted by atomic mass is 16.5. The van der Waals surface area contributed by atoms with E-state index in [1.807, 2.05) is 19.1 Å². The maximum absolute atomic E-state index is 11.1. The zero-order chi connectivity index (χ0) is 13.0. The third kappa shape index (κ3) is 3.31. The van der Waals surface area contributed by atoms with Gasteiger partial charge in [-0.1, -0.05) is 6.07 Å². The Kier molecular flexibility index (Phi) is 4.33. The fraction of sp³-hybridized carbons (Fsp3) is 0.500. The van der Waals surface area contributed by atoms with Gasteiger partial charge in [-0.3, -0.25) is 4.79 Å². The Labute approximate surface area is 108 Å². The average molecular weight is 248 g/mol. The molecule has 3 N–H and O–H groups in total. The summed E-state index contributed by atoms with van der Waals surface area (Å²) in [6.07, 6.45) is 2.14. The van der Waals surface area contributed by atoms with Crippen LogP contribution in [0.3, 0.4) is 0 Å². The molecule has 0 radical (unpaired) electrons. The molecule has 4 heteroatoms. The van der Waals surface area contributed by atoms with Crippen LogP contribution in [0.25, 0.3) is 0 Å². The topological polar surface area (TPSA) is 64.4 Å². The van der Waals surface area contributed by atoms with Crippen molar-refractivity contribution < 1.29 is 9.53 Å². The second-order valence-electron chi connectivity index (χ2n) is 4.77. The lowest BCUT2D eigenvalue weighted by Crippen LogP contribution is -2.34. The molecule has 1 saturated heterocycles. The van der Waals surface area contributed by atoms with Crippen molar-refractivity contribution in [1.29, 1.82) is 0 Å². The molecule has 0 aliphatic carbocycles. The first-order valence-corrected chi connectivity index (χ1v) is 6.37. The SMILES string of the molecule is Cc1cc(C(N)=O)ccc1CNC1CCOCC1. The van der Waals surface area contributed by atoms with Gasteiger partial charge in [0, 0.05) is 31.4 Å². The van der Waals surface area contributed by atoms with Gasteiger partial charge in [0.2, 0.25) is 5.91 Å². The molecule has 1 amide bonds. The smallest absolute Gasteiger partial charge is 0.248 e. The minimum Gasteiger partial charge on any atom is -0.381 e. The van der Waals surface area contributed by atoms with Crippen molar-refractivity contribution in [2.24, 2.45) is 5.73 Å². The number of primary amides is 1. The van der Waals surface area contributed by atoms with Gasteiger partial charge in [0.25, 0.3) is 0 Å². The van der Waals surface area contributed by atoms with Crippen molar-refractivity contribution in [2.75, 3.05) is 13.2 Å². The number of amides is 1. The van der Waals surface area contributed by atoms with E-state index >= 15 is 0 Å². The average Bonchev–Trinajstić information content (AvgIpc) is 2.38. The molecule has 0 spiro atoms. The molecule has 0 bridgehead atoms. The van der Waals surface area contributed by atoms with Crippen LogP contribution in [0.4, 0.5) is 0 Å². The number of rotatable bonds is 4. The predicted octanol–water partition coefficient (Wildman–Crippen LogP) is 1.36. The van der Waals surface area contributed by atoms with Gasteiger partial charge in [0.05, 0.1) is 0 Å². The quantitative estimate of drug-likeness (QED) is 0.845. The largest absolute Gasteiger partial charge is 0.381 e. The summed E-state index contributed by atoms with van der Waals surface area (Å²) in [5.74, 6) is -0.373.